The summed E-state index contributed by atoms with van der Waals surface area (Å²) in [4.78, 5) is 39.6. The fraction of sp³-hybridized carbons (Fsp3) is 0.185. The van der Waals surface area contributed by atoms with Gasteiger partial charge in [-0.3, -0.25) is 14.5 Å². The van der Waals surface area contributed by atoms with Crippen LogP contribution >= 0.6 is 58.3 Å². The molecular weight excluding hydrogens is 601 g/mol. The first kappa shape index (κ1) is 27.9. The fourth-order valence-electron chi connectivity index (χ4n) is 4.43. The summed E-state index contributed by atoms with van der Waals surface area (Å²) >= 11 is 20.7. The summed E-state index contributed by atoms with van der Waals surface area (Å²) in [5, 5.41) is 14.3. The van der Waals surface area contributed by atoms with Crippen LogP contribution in [0.3, 0.4) is 0 Å². The van der Waals surface area contributed by atoms with E-state index in [4.69, 9.17) is 34.8 Å². The maximum Gasteiger partial charge on any atom is 0.352 e. The van der Waals surface area contributed by atoms with Gasteiger partial charge in [0.25, 0.3) is 5.91 Å². The van der Waals surface area contributed by atoms with Gasteiger partial charge in [0.1, 0.15) is 17.1 Å². The molecule has 0 radical (unpaired) electrons. The highest BCUT2D eigenvalue weighted by Gasteiger charge is 2.53. The number of halogens is 3. The van der Waals surface area contributed by atoms with Crippen LogP contribution in [0, 0.1) is 0 Å². The van der Waals surface area contributed by atoms with Crippen LogP contribution in [0.4, 0.5) is 0 Å². The Balaban J connectivity index is 1.24. The number of carboxylic acids is 1. The molecule has 7 nitrogen and oxygen atoms in total. The first-order valence-electron chi connectivity index (χ1n) is 11.8. The highest BCUT2D eigenvalue weighted by atomic mass is 35.5. The Morgan fingerprint density at radius 1 is 1.13 bits per heavy atom. The minimum absolute atomic E-state index is 0.000295. The van der Waals surface area contributed by atoms with Gasteiger partial charge in [-0.05, 0) is 35.9 Å². The van der Waals surface area contributed by atoms with E-state index in [1.165, 1.54) is 34.5 Å². The zero-order valence-corrected chi connectivity index (χ0v) is 24.0. The van der Waals surface area contributed by atoms with Crippen molar-refractivity contribution in [2.45, 2.75) is 22.9 Å². The van der Waals surface area contributed by atoms with E-state index in [9.17, 15) is 19.5 Å². The molecule has 39 heavy (non-hydrogen) atoms. The van der Waals surface area contributed by atoms with Crippen LogP contribution in [0.15, 0.2) is 83.0 Å². The zero-order valence-electron chi connectivity index (χ0n) is 20.1. The molecule has 2 aromatic carbocycles. The van der Waals surface area contributed by atoms with Gasteiger partial charge in [0.2, 0.25) is 11.4 Å². The zero-order chi connectivity index (χ0) is 27.7. The van der Waals surface area contributed by atoms with Crippen molar-refractivity contribution in [3.8, 4) is 0 Å². The number of amides is 2. The SMILES string of the molecule is O=C(CSc1cc(Cl)c(Cl)cc1Cl)N[C@@H]1C(=O)N2C(C(=O)O)=C(C=CC[n+]3cccc4ccccc43)CS[C@H]12. The smallest absolute Gasteiger partial charge is 0.352 e. The molecule has 0 bridgehead atoms. The van der Waals surface area contributed by atoms with Gasteiger partial charge in [-0.25, -0.2) is 4.79 Å². The van der Waals surface area contributed by atoms with Gasteiger partial charge in [-0.1, -0.05) is 53.0 Å². The molecule has 0 spiro atoms. The molecule has 2 N–H and O–H groups in total. The van der Waals surface area contributed by atoms with Crippen molar-refractivity contribution in [2.24, 2.45) is 0 Å². The summed E-state index contributed by atoms with van der Waals surface area (Å²) in [5.74, 6) is -1.61. The molecule has 2 aliphatic heterocycles. The molecule has 2 amide bonds. The van der Waals surface area contributed by atoms with Crippen LogP contribution in [-0.4, -0.2) is 50.7 Å². The molecule has 1 fully saturated rings. The van der Waals surface area contributed by atoms with Gasteiger partial charge in [-0.2, -0.15) is 4.57 Å². The van der Waals surface area contributed by atoms with Crippen molar-refractivity contribution in [2.75, 3.05) is 11.5 Å². The van der Waals surface area contributed by atoms with Gasteiger partial charge in [-0.15, -0.1) is 23.5 Å². The van der Waals surface area contributed by atoms with Crippen LogP contribution in [0.2, 0.25) is 15.1 Å². The number of hydrogen-bond donors (Lipinski definition) is 2. The number of β-lactam (4-membered cyclic amide) rings is 1. The summed E-state index contributed by atoms with van der Waals surface area (Å²) < 4.78 is 2.06. The van der Waals surface area contributed by atoms with E-state index in [1.807, 2.05) is 48.7 Å². The monoisotopic (exact) mass is 620 g/mol. The van der Waals surface area contributed by atoms with Gasteiger partial charge in [0, 0.05) is 28.2 Å². The molecule has 3 aromatic rings. The van der Waals surface area contributed by atoms with E-state index in [0.717, 1.165) is 10.9 Å². The largest absolute Gasteiger partial charge is 0.477 e. The highest BCUT2D eigenvalue weighted by Crippen LogP contribution is 2.41. The molecule has 5 rings (SSSR count). The number of nitrogens with one attached hydrogen (secondary N) is 1. The Hall–Kier alpha value is -2.69. The first-order chi connectivity index (χ1) is 18.7. The lowest BCUT2D eigenvalue weighted by Gasteiger charge is -2.49. The number of aromatic nitrogens is 1. The number of carbonyl (C=O) groups is 3. The maximum absolute atomic E-state index is 13.0. The van der Waals surface area contributed by atoms with Crippen LogP contribution in [0.1, 0.15) is 0 Å². The summed E-state index contributed by atoms with van der Waals surface area (Å²) in [6.07, 6.45) is 5.61. The molecule has 0 unspecified atom stereocenters. The number of carboxylic acid groups (broad SMARTS) is 1. The molecule has 1 aromatic heterocycles. The molecule has 3 heterocycles. The summed E-state index contributed by atoms with van der Waals surface area (Å²) in [5.41, 5.74) is 1.56. The minimum Gasteiger partial charge on any atom is -0.477 e. The van der Waals surface area contributed by atoms with Crippen molar-refractivity contribution in [1.29, 1.82) is 0 Å². The maximum atomic E-state index is 13.0. The number of rotatable bonds is 8. The van der Waals surface area contributed by atoms with Gasteiger partial charge >= 0.3 is 5.97 Å². The lowest BCUT2D eigenvalue weighted by Crippen LogP contribution is -2.70. The Kier molecular flexibility index (Phi) is 8.44. The second-order valence-electron chi connectivity index (χ2n) is 8.74. The predicted molar refractivity (Wildman–Crippen MR) is 155 cm³/mol. The number of allylic oxidation sites excluding steroid dienone is 2. The number of thioether (sulfide) groups is 2. The predicted octanol–water partition coefficient (Wildman–Crippen LogP) is 5.17. The van der Waals surface area contributed by atoms with E-state index in [-0.39, 0.29) is 17.4 Å². The Morgan fingerprint density at radius 2 is 1.87 bits per heavy atom. The van der Waals surface area contributed by atoms with Crippen molar-refractivity contribution >= 4 is 87.0 Å². The number of hydrogen-bond acceptors (Lipinski definition) is 5. The van der Waals surface area contributed by atoms with Crippen LogP contribution in [0.25, 0.3) is 10.9 Å². The third-order valence-electron chi connectivity index (χ3n) is 6.26. The topological polar surface area (TPSA) is 90.6 Å². The quantitative estimate of drug-likeness (QED) is 0.156. The molecule has 12 heteroatoms. The molecule has 2 atom stereocenters. The Bertz CT molecular complexity index is 1560. The van der Waals surface area contributed by atoms with E-state index in [2.05, 4.69) is 9.88 Å². The third-order valence-corrected chi connectivity index (χ3v) is 9.76. The second-order valence-corrected chi connectivity index (χ2v) is 12.1. The van der Waals surface area contributed by atoms with Crippen molar-refractivity contribution in [3.63, 3.8) is 0 Å². The normalized spacial score (nSPS) is 18.8. The minimum atomic E-state index is -1.18. The third kappa shape index (κ3) is 5.78. The van der Waals surface area contributed by atoms with Crippen molar-refractivity contribution in [1.82, 2.24) is 10.2 Å². The van der Waals surface area contributed by atoms with E-state index >= 15 is 0 Å². The Morgan fingerprint density at radius 3 is 2.67 bits per heavy atom. The number of benzene rings is 2. The average molecular weight is 622 g/mol. The molecular formula is C27H21Cl3N3O4S2+. The number of carbonyl (C=O) groups excluding carboxylic acids is 2. The van der Waals surface area contributed by atoms with Gasteiger partial charge in [0.15, 0.2) is 12.7 Å². The van der Waals surface area contributed by atoms with E-state index in [0.29, 0.717) is 37.8 Å². The Labute approximate surface area is 247 Å². The van der Waals surface area contributed by atoms with E-state index < -0.39 is 23.3 Å². The fourth-order valence-corrected chi connectivity index (χ4v) is 7.29. The van der Waals surface area contributed by atoms with Gasteiger partial charge < -0.3 is 10.4 Å². The van der Waals surface area contributed by atoms with Crippen molar-refractivity contribution < 1.29 is 24.1 Å². The molecule has 2 aliphatic rings. The number of pyridine rings is 1. The summed E-state index contributed by atoms with van der Waals surface area (Å²) in [7, 11) is 0. The van der Waals surface area contributed by atoms with Crippen molar-refractivity contribution in [3.05, 3.63) is 93.2 Å². The number of fused-ring (bicyclic) bond motifs is 2. The molecule has 0 saturated carbocycles. The average Bonchev–Trinajstić information content (AvgIpc) is 2.92. The van der Waals surface area contributed by atoms with E-state index in [1.54, 1.807) is 12.1 Å². The number of para-hydroxylation sites is 1. The van der Waals surface area contributed by atoms with Crippen LogP contribution in [-0.2, 0) is 20.9 Å². The first-order valence-corrected chi connectivity index (χ1v) is 14.9. The standard InChI is InChI=1S/C27H20Cl3N3O4S2/c28-17-11-19(30)21(12-18(17)29)38-14-22(34)31-23-25(35)33-24(27(36)37)16(13-39-26(23)33)7-4-10-32-9-3-6-15-5-1-2-8-20(15)32/h1-9,11-12,23,26H,10,13-14H2,(H-,31,34,36,37)/p+1/t23-,26-/m1/s1. The number of aliphatic carboxylic acids is 1. The van der Waals surface area contributed by atoms with Crippen LogP contribution in [0.5, 0.6) is 0 Å². The van der Waals surface area contributed by atoms with Crippen LogP contribution < -0.4 is 9.88 Å². The summed E-state index contributed by atoms with van der Waals surface area (Å²) in [6, 6.07) is 14.3. The molecule has 1 saturated heterocycles. The highest BCUT2D eigenvalue weighted by molar-refractivity contribution is 8.00. The van der Waals surface area contributed by atoms with Gasteiger partial charge in [0.05, 0.1) is 20.8 Å². The number of nitrogens with zero attached hydrogens (tertiary/aromatic N) is 2. The summed E-state index contributed by atoms with van der Waals surface area (Å²) in [6.45, 7) is 0.541. The second kappa shape index (κ2) is 11.8. The lowest BCUT2D eigenvalue weighted by molar-refractivity contribution is -0.661. The molecule has 200 valence electrons. The lowest BCUT2D eigenvalue weighted by atomic mass is 10.0. The molecule has 0 aliphatic carbocycles.